The van der Waals surface area contributed by atoms with Gasteiger partial charge in [0.25, 0.3) is 0 Å². The molecule has 2 N–H and O–H groups in total. The zero-order valence-electron chi connectivity index (χ0n) is 21.3. The second-order valence-electron chi connectivity index (χ2n) is 9.04. The van der Waals surface area contributed by atoms with Gasteiger partial charge >= 0.3 is 5.97 Å². The van der Waals surface area contributed by atoms with Gasteiger partial charge in [-0.15, -0.1) is 0 Å². The molecule has 0 spiro atoms. The Labute approximate surface area is 212 Å². The number of fused-ring (bicyclic) bond motifs is 1. The van der Waals surface area contributed by atoms with Crippen LogP contribution in [0.1, 0.15) is 47.1 Å². The van der Waals surface area contributed by atoms with E-state index in [0.717, 1.165) is 27.8 Å². The van der Waals surface area contributed by atoms with Crippen LogP contribution < -0.4 is 10.1 Å². The van der Waals surface area contributed by atoms with Gasteiger partial charge in [0.15, 0.2) is 0 Å². The van der Waals surface area contributed by atoms with E-state index < -0.39 is 6.10 Å². The first kappa shape index (κ1) is 25.5. The summed E-state index contributed by atoms with van der Waals surface area (Å²) < 4.78 is 13.4. The Morgan fingerprint density at radius 3 is 2.44 bits per heavy atom. The first-order chi connectivity index (χ1) is 17.4. The van der Waals surface area contributed by atoms with Crippen LogP contribution >= 0.6 is 0 Å². The number of aliphatic hydroxyl groups is 1. The topological polar surface area (TPSA) is 72.7 Å². The van der Waals surface area contributed by atoms with Gasteiger partial charge in [-0.1, -0.05) is 48.0 Å². The van der Waals surface area contributed by atoms with Gasteiger partial charge < -0.3 is 24.5 Å². The zero-order valence-corrected chi connectivity index (χ0v) is 21.3. The number of nitrogens with one attached hydrogen (secondary N) is 1. The van der Waals surface area contributed by atoms with Crippen LogP contribution in [-0.2, 0) is 4.74 Å². The van der Waals surface area contributed by atoms with Crippen molar-refractivity contribution in [2.24, 2.45) is 0 Å². The Morgan fingerprint density at radius 1 is 1.03 bits per heavy atom. The molecule has 36 heavy (non-hydrogen) atoms. The molecular formula is C30H34N2O4. The second-order valence-corrected chi connectivity index (χ2v) is 9.04. The van der Waals surface area contributed by atoms with E-state index in [9.17, 15) is 9.90 Å². The summed E-state index contributed by atoms with van der Waals surface area (Å²) in [6.45, 7) is 8.66. The van der Waals surface area contributed by atoms with Gasteiger partial charge in [-0.2, -0.15) is 0 Å². The Bertz CT molecular complexity index is 1310. The standard InChI is InChI=1S/C30H34N2O4/c1-5-35-30(34)29-22(4)32(24-13-11-20(2)12-14-24)28-16-15-26(17-27(28)29)36-19-25(33)18-31-21(3)23-9-7-6-8-10-23/h6-17,21,25,31,33H,5,18-19H2,1-4H3. The van der Waals surface area contributed by atoms with Crippen molar-refractivity contribution in [3.63, 3.8) is 0 Å². The molecule has 4 aromatic rings. The van der Waals surface area contributed by atoms with Crippen LogP contribution in [0.2, 0.25) is 0 Å². The van der Waals surface area contributed by atoms with Gasteiger partial charge in [-0.3, -0.25) is 0 Å². The van der Waals surface area contributed by atoms with E-state index >= 15 is 0 Å². The smallest absolute Gasteiger partial charge is 0.340 e. The van der Waals surface area contributed by atoms with Crippen LogP contribution in [0.5, 0.6) is 5.75 Å². The number of ether oxygens (including phenoxy) is 2. The van der Waals surface area contributed by atoms with Gasteiger partial charge in [0.1, 0.15) is 18.5 Å². The highest BCUT2D eigenvalue weighted by Crippen LogP contribution is 2.32. The van der Waals surface area contributed by atoms with Crippen molar-refractivity contribution in [1.29, 1.82) is 0 Å². The normalized spacial score (nSPS) is 12.9. The highest BCUT2D eigenvalue weighted by atomic mass is 16.5. The lowest BCUT2D eigenvalue weighted by Gasteiger charge is -2.18. The number of carbonyl (C=O) groups is 1. The van der Waals surface area contributed by atoms with Crippen LogP contribution in [0.3, 0.4) is 0 Å². The van der Waals surface area contributed by atoms with Crippen molar-refractivity contribution in [3.8, 4) is 11.4 Å². The lowest BCUT2D eigenvalue weighted by molar-refractivity contribution is 0.0527. The zero-order chi connectivity index (χ0) is 25.7. The largest absolute Gasteiger partial charge is 0.491 e. The average molecular weight is 487 g/mol. The lowest BCUT2D eigenvalue weighted by atomic mass is 10.1. The van der Waals surface area contributed by atoms with Crippen molar-refractivity contribution < 1.29 is 19.4 Å². The van der Waals surface area contributed by atoms with Gasteiger partial charge in [0.05, 0.1) is 17.7 Å². The molecule has 0 bridgehead atoms. The predicted octanol–water partition coefficient (Wildman–Crippen LogP) is 5.51. The molecule has 0 fully saturated rings. The van der Waals surface area contributed by atoms with E-state index in [1.165, 1.54) is 5.56 Å². The molecule has 0 aliphatic rings. The third-order valence-electron chi connectivity index (χ3n) is 6.35. The van der Waals surface area contributed by atoms with Crippen molar-refractivity contribution in [2.75, 3.05) is 19.8 Å². The summed E-state index contributed by atoms with van der Waals surface area (Å²) in [5.74, 6) is 0.228. The number of carbonyl (C=O) groups excluding carboxylic acids is 1. The van der Waals surface area contributed by atoms with Gasteiger partial charge in [0.2, 0.25) is 0 Å². The lowest BCUT2D eigenvalue weighted by Crippen LogP contribution is -2.33. The van der Waals surface area contributed by atoms with E-state index in [4.69, 9.17) is 9.47 Å². The number of rotatable bonds is 10. The van der Waals surface area contributed by atoms with Gasteiger partial charge in [-0.05, 0) is 63.6 Å². The monoisotopic (exact) mass is 486 g/mol. The molecule has 6 heteroatoms. The number of hydrogen-bond acceptors (Lipinski definition) is 5. The fourth-order valence-corrected chi connectivity index (χ4v) is 4.40. The molecule has 0 aliphatic heterocycles. The molecule has 0 radical (unpaired) electrons. The van der Waals surface area contributed by atoms with Crippen molar-refractivity contribution >= 4 is 16.9 Å². The number of nitrogens with zero attached hydrogens (tertiary/aromatic N) is 1. The Morgan fingerprint density at radius 2 is 1.75 bits per heavy atom. The quantitative estimate of drug-likeness (QED) is 0.289. The van der Waals surface area contributed by atoms with Crippen molar-refractivity contribution in [2.45, 2.75) is 39.8 Å². The summed E-state index contributed by atoms with van der Waals surface area (Å²) in [4.78, 5) is 12.9. The highest BCUT2D eigenvalue weighted by molar-refractivity contribution is 6.07. The van der Waals surface area contributed by atoms with Crippen LogP contribution in [0.15, 0.2) is 72.8 Å². The first-order valence-corrected chi connectivity index (χ1v) is 12.4. The number of hydrogen-bond donors (Lipinski definition) is 2. The molecule has 3 aromatic carbocycles. The number of aliphatic hydroxyl groups excluding tert-OH is 1. The van der Waals surface area contributed by atoms with Gasteiger partial charge in [-0.25, -0.2) is 4.79 Å². The van der Waals surface area contributed by atoms with Crippen molar-refractivity contribution in [1.82, 2.24) is 9.88 Å². The average Bonchev–Trinajstić information content (AvgIpc) is 3.18. The molecule has 6 nitrogen and oxygen atoms in total. The Kier molecular flexibility index (Phi) is 8.08. The fraction of sp³-hybridized carbons (Fsp3) is 0.300. The van der Waals surface area contributed by atoms with E-state index in [1.54, 1.807) is 6.92 Å². The minimum atomic E-state index is -0.685. The maximum Gasteiger partial charge on any atom is 0.340 e. The van der Waals surface area contributed by atoms with Crippen molar-refractivity contribution in [3.05, 3.63) is 95.2 Å². The third-order valence-corrected chi connectivity index (χ3v) is 6.35. The van der Waals surface area contributed by atoms with Crippen LogP contribution in [-0.4, -0.2) is 41.5 Å². The van der Waals surface area contributed by atoms with E-state index in [0.29, 0.717) is 24.5 Å². The molecule has 1 heterocycles. The summed E-state index contributed by atoms with van der Waals surface area (Å²) in [7, 11) is 0. The minimum Gasteiger partial charge on any atom is -0.491 e. The molecule has 0 saturated carbocycles. The number of benzene rings is 3. The number of aromatic nitrogens is 1. The molecule has 0 saturated heterocycles. The van der Waals surface area contributed by atoms with E-state index in [2.05, 4.69) is 41.1 Å². The summed E-state index contributed by atoms with van der Waals surface area (Å²) in [5.41, 5.74) is 5.53. The maximum absolute atomic E-state index is 12.9. The summed E-state index contributed by atoms with van der Waals surface area (Å²) in [6, 6.07) is 24.1. The van der Waals surface area contributed by atoms with Crippen LogP contribution in [0, 0.1) is 13.8 Å². The summed E-state index contributed by atoms with van der Waals surface area (Å²) >= 11 is 0. The number of esters is 1. The maximum atomic E-state index is 12.9. The van der Waals surface area contributed by atoms with E-state index in [1.807, 2.05) is 62.4 Å². The minimum absolute atomic E-state index is 0.119. The molecule has 2 unspecified atom stereocenters. The fourth-order valence-electron chi connectivity index (χ4n) is 4.40. The van der Waals surface area contributed by atoms with E-state index in [-0.39, 0.29) is 18.6 Å². The Hall–Kier alpha value is -3.61. The number of aryl methyl sites for hydroxylation is 1. The predicted molar refractivity (Wildman–Crippen MR) is 143 cm³/mol. The summed E-state index contributed by atoms with van der Waals surface area (Å²) in [5, 5.41) is 14.6. The molecule has 188 valence electrons. The molecular weight excluding hydrogens is 452 g/mol. The first-order valence-electron chi connectivity index (χ1n) is 12.4. The highest BCUT2D eigenvalue weighted by Gasteiger charge is 2.22. The van der Waals surface area contributed by atoms with Crippen LogP contribution in [0.25, 0.3) is 16.6 Å². The molecule has 1 aromatic heterocycles. The molecule has 4 rings (SSSR count). The van der Waals surface area contributed by atoms with Gasteiger partial charge in [0, 0.05) is 29.4 Å². The third kappa shape index (κ3) is 5.61. The molecule has 0 aliphatic carbocycles. The molecule has 0 amide bonds. The SMILES string of the molecule is CCOC(=O)c1c(C)n(-c2ccc(C)cc2)c2ccc(OCC(O)CNC(C)c3ccccc3)cc12. The van der Waals surface area contributed by atoms with Crippen LogP contribution in [0.4, 0.5) is 0 Å². The Balaban J connectivity index is 1.53. The molecule has 2 atom stereocenters. The second kappa shape index (κ2) is 11.4. The summed E-state index contributed by atoms with van der Waals surface area (Å²) in [6.07, 6.45) is -0.685.